The van der Waals surface area contributed by atoms with Crippen LogP contribution in [0.5, 0.6) is 0 Å². The highest BCUT2D eigenvalue weighted by Crippen LogP contribution is 2.12. The van der Waals surface area contributed by atoms with Crippen molar-refractivity contribution in [2.75, 3.05) is 0 Å². The van der Waals surface area contributed by atoms with Gasteiger partial charge in [0.2, 0.25) is 5.82 Å². The normalized spacial score (nSPS) is 10.2. The van der Waals surface area contributed by atoms with Gasteiger partial charge in [-0.25, -0.2) is 0 Å². The number of hydrogen-bond donors (Lipinski definition) is 0. The lowest BCUT2D eigenvalue weighted by atomic mass is 10.3. The summed E-state index contributed by atoms with van der Waals surface area (Å²) in [5.74, 6) is 0.644. The zero-order valence-corrected chi connectivity index (χ0v) is 7.78. The summed E-state index contributed by atoms with van der Waals surface area (Å²) in [4.78, 5) is 4.48. The molecule has 5 heteroatoms. The van der Waals surface area contributed by atoms with Gasteiger partial charge in [-0.15, -0.1) is 0 Å². The molecular formula is C8H7N3OS. The van der Waals surface area contributed by atoms with Crippen LogP contribution in [0.4, 0.5) is 0 Å². The SMILES string of the molecule is Cn1c(-c2ccccn2)noc1=S. The first kappa shape index (κ1) is 8.12. The van der Waals surface area contributed by atoms with Crippen LogP contribution in [0.25, 0.3) is 11.5 Å². The first-order chi connectivity index (χ1) is 6.29. The Labute approximate surface area is 79.8 Å². The van der Waals surface area contributed by atoms with Crippen molar-refractivity contribution >= 4 is 12.2 Å². The molecule has 13 heavy (non-hydrogen) atoms. The average molecular weight is 193 g/mol. The summed E-state index contributed by atoms with van der Waals surface area (Å²) in [6, 6.07) is 5.59. The van der Waals surface area contributed by atoms with Gasteiger partial charge in [-0.3, -0.25) is 9.55 Å². The molecule has 66 valence electrons. The van der Waals surface area contributed by atoms with Gasteiger partial charge < -0.3 is 4.52 Å². The van der Waals surface area contributed by atoms with Crippen LogP contribution in [0.2, 0.25) is 0 Å². The van der Waals surface area contributed by atoms with E-state index in [1.54, 1.807) is 17.8 Å². The Kier molecular flexibility index (Phi) is 1.94. The monoisotopic (exact) mass is 193 g/mol. The number of rotatable bonds is 1. The molecule has 0 bridgehead atoms. The molecule has 0 N–H and O–H groups in total. The highest BCUT2D eigenvalue weighted by molar-refractivity contribution is 7.71. The molecule has 0 atom stereocenters. The fourth-order valence-corrected chi connectivity index (χ4v) is 1.13. The van der Waals surface area contributed by atoms with Crippen molar-refractivity contribution in [1.82, 2.24) is 14.7 Å². The van der Waals surface area contributed by atoms with Crippen molar-refractivity contribution in [2.24, 2.45) is 7.05 Å². The van der Waals surface area contributed by atoms with Gasteiger partial charge in [0, 0.05) is 13.2 Å². The van der Waals surface area contributed by atoms with Crippen molar-refractivity contribution in [3.63, 3.8) is 0 Å². The molecule has 0 aromatic carbocycles. The predicted molar refractivity (Wildman–Crippen MR) is 49.5 cm³/mol. The van der Waals surface area contributed by atoms with E-state index in [1.807, 2.05) is 18.2 Å². The average Bonchev–Trinajstić information content (AvgIpc) is 2.49. The van der Waals surface area contributed by atoms with Crippen LogP contribution in [-0.4, -0.2) is 14.7 Å². The van der Waals surface area contributed by atoms with Gasteiger partial charge in [-0.2, -0.15) is 0 Å². The molecule has 0 aliphatic heterocycles. The molecule has 0 saturated carbocycles. The van der Waals surface area contributed by atoms with Gasteiger partial charge >= 0.3 is 0 Å². The molecule has 0 saturated heterocycles. The van der Waals surface area contributed by atoms with E-state index in [0.717, 1.165) is 5.69 Å². The third-order valence-electron chi connectivity index (χ3n) is 1.70. The van der Waals surface area contributed by atoms with Crippen LogP contribution in [0.1, 0.15) is 0 Å². The standard InChI is InChI=1S/C8H7N3OS/c1-11-7(10-12-8(11)13)6-4-2-3-5-9-6/h2-5H,1H3. The third-order valence-corrected chi connectivity index (χ3v) is 2.04. The van der Waals surface area contributed by atoms with E-state index in [4.69, 9.17) is 16.7 Å². The predicted octanol–water partition coefficient (Wildman–Crippen LogP) is 1.80. The summed E-state index contributed by atoms with van der Waals surface area (Å²) in [6.07, 6.45) is 1.70. The number of aromatic nitrogens is 3. The van der Waals surface area contributed by atoms with Gasteiger partial charge in [-0.1, -0.05) is 11.2 Å². The Morgan fingerprint density at radius 3 is 2.85 bits per heavy atom. The van der Waals surface area contributed by atoms with Crippen LogP contribution in [0, 0.1) is 4.84 Å². The second-order valence-corrected chi connectivity index (χ2v) is 2.90. The van der Waals surface area contributed by atoms with E-state index in [-0.39, 0.29) is 0 Å². The summed E-state index contributed by atoms with van der Waals surface area (Å²) >= 11 is 4.88. The van der Waals surface area contributed by atoms with Gasteiger partial charge in [0.05, 0.1) is 0 Å². The van der Waals surface area contributed by atoms with Crippen LogP contribution in [0.3, 0.4) is 0 Å². The third kappa shape index (κ3) is 1.38. The van der Waals surface area contributed by atoms with E-state index in [0.29, 0.717) is 10.7 Å². The van der Waals surface area contributed by atoms with Gasteiger partial charge in [0.15, 0.2) is 0 Å². The molecule has 4 nitrogen and oxygen atoms in total. The van der Waals surface area contributed by atoms with Crippen LogP contribution >= 0.6 is 12.2 Å². The van der Waals surface area contributed by atoms with Gasteiger partial charge in [-0.05, 0) is 24.4 Å². The summed E-state index contributed by atoms with van der Waals surface area (Å²) in [6.45, 7) is 0. The second kappa shape index (κ2) is 3.10. The smallest absolute Gasteiger partial charge is 0.297 e. The molecule has 0 spiro atoms. The van der Waals surface area contributed by atoms with E-state index >= 15 is 0 Å². The Balaban J connectivity index is 2.60. The first-order valence-corrected chi connectivity index (χ1v) is 4.14. The molecule has 2 aromatic heterocycles. The molecule has 2 heterocycles. The van der Waals surface area contributed by atoms with Crippen LogP contribution in [-0.2, 0) is 7.05 Å². The maximum Gasteiger partial charge on any atom is 0.297 e. The Morgan fingerprint density at radius 2 is 2.31 bits per heavy atom. The number of pyridine rings is 1. The quantitative estimate of drug-likeness (QED) is 0.648. The van der Waals surface area contributed by atoms with E-state index in [2.05, 4.69) is 10.1 Å². The minimum Gasteiger partial charge on any atom is -0.324 e. The first-order valence-electron chi connectivity index (χ1n) is 3.73. The van der Waals surface area contributed by atoms with Crippen molar-refractivity contribution in [2.45, 2.75) is 0 Å². The van der Waals surface area contributed by atoms with Crippen molar-refractivity contribution in [1.29, 1.82) is 0 Å². The summed E-state index contributed by atoms with van der Waals surface area (Å²) in [7, 11) is 1.79. The van der Waals surface area contributed by atoms with E-state index in [9.17, 15) is 0 Å². The molecule has 0 aliphatic carbocycles. The molecule has 0 amide bonds. The molecule has 2 rings (SSSR count). The second-order valence-electron chi connectivity index (χ2n) is 2.55. The van der Waals surface area contributed by atoms with Crippen LogP contribution in [0.15, 0.2) is 28.9 Å². The zero-order chi connectivity index (χ0) is 9.26. The highest BCUT2D eigenvalue weighted by Gasteiger charge is 2.06. The highest BCUT2D eigenvalue weighted by atomic mass is 32.1. The molecule has 0 fully saturated rings. The van der Waals surface area contributed by atoms with Crippen molar-refractivity contribution < 1.29 is 4.52 Å². The maximum absolute atomic E-state index is 4.88. The molecule has 0 unspecified atom stereocenters. The topological polar surface area (TPSA) is 43.9 Å². The lowest BCUT2D eigenvalue weighted by molar-refractivity contribution is 0.400. The van der Waals surface area contributed by atoms with Gasteiger partial charge in [0.1, 0.15) is 5.69 Å². The van der Waals surface area contributed by atoms with Crippen molar-refractivity contribution in [3.8, 4) is 11.5 Å². The molecule has 0 aliphatic rings. The zero-order valence-electron chi connectivity index (χ0n) is 6.97. The number of nitrogens with zero attached hydrogens (tertiary/aromatic N) is 3. The Hall–Kier alpha value is -1.49. The maximum atomic E-state index is 4.88. The summed E-state index contributed by atoms with van der Waals surface area (Å²) < 4.78 is 6.52. The number of hydrogen-bond acceptors (Lipinski definition) is 4. The molecule has 2 aromatic rings. The Bertz CT molecular complexity index is 460. The molecular weight excluding hydrogens is 186 g/mol. The summed E-state index contributed by atoms with van der Waals surface area (Å²) in [5, 5.41) is 3.81. The van der Waals surface area contributed by atoms with E-state index in [1.165, 1.54) is 0 Å². The van der Waals surface area contributed by atoms with Gasteiger partial charge in [0.25, 0.3) is 4.84 Å². The fourth-order valence-electron chi connectivity index (χ4n) is 1.00. The largest absolute Gasteiger partial charge is 0.324 e. The summed E-state index contributed by atoms with van der Waals surface area (Å²) in [5.41, 5.74) is 0.754. The van der Waals surface area contributed by atoms with Crippen LogP contribution < -0.4 is 0 Å². The minimum atomic E-state index is 0.348. The Morgan fingerprint density at radius 1 is 1.46 bits per heavy atom. The van der Waals surface area contributed by atoms with E-state index < -0.39 is 0 Å². The molecule has 0 radical (unpaired) electrons. The lowest BCUT2D eigenvalue weighted by Gasteiger charge is -1.95. The lowest BCUT2D eigenvalue weighted by Crippen LogP contribution is -1.93. The fraction of sp³-hybridized carbons (Fsp3) is 0.125. The van der Waals surface area contributed by atoms with Crippen molar-refractivity contribution in [3.05, 3.63) is 29.2 Å². The minimum absolute atomic E-state index is 0.348.